The predicted octanol–water partition coefficient (Wildman–Crippen LogP) is 2.96. The third-order valence-electron chi connectivity index (χ3n) is 5.06. The third kappa shape index (κ3) is 3.68. The normalized spacial score (nSPS) is 15.4. The van der Waals surface area contributed by atoms with E-state index in [9.17, 15) is 4.79 Å². The molecule has 0 N–H and O–H groups in total. The quantitative estimate of drug-likeness (QED) is 0.697. The van der Waals surface area contributed by atoms with Crippen LogP contribution in [0.15, 0.2) is 36.5 Å². The molecule has 0 atom stereocenters. The molecule has 0 bridgehead atoms. The van der Waals surface area contributed by atoms with E-state index in [1.165, 1.54) is 5.56 Å². The maximum absolute atomic E-state index is 13.0. The molecular formula is C20H22ClN5O. The number of benzene rings is 1. The van der Waals surface area contributed by atoms with Crippen LogP contribution >= 0.6 is 11.6 Å². The zero-order chi connectivity index (χ0) is 19.0. The summed E-state index contributed by atoms with van der Waals surface area (Å²) >= 11 is 5.95. The zero-order valence-corrected chi connectivity index (χ0v) is 16.3. The Bertz CT molecular complexity index is 974. The lowest BCUT2D eigenvalue weighted by Crippen LogP contribution is -2.48. The third-order valence-corrected chi connectivity index (χ3v) is 5.31. The molecule has 0 spiro atoms. The van der Waals surface area contributed by atoms with Crippen LogP contribution in [0.4, 0.5) is 0 Å². The first-order valence-corrected chi connectivity index (χ1v) is 9.47. The zero-order valence-electron chi connectivity index (χ0n) is 15.5. The number of rotatable bonds is 3. The minimum Gasteiger partial charge on any atom is -0.336 e. The van der Waals surface area contributed by atoms with Gasteiger partial charge in [-0.2, -0.15) is 5.10 Å². The molecule has 2 aromatic heterocycles. The van der Waals surface area contributed by atoms with Crippen LogP contribution in [0.3, 0.4) is 0 Å². The number of nitrogens with zero attached hydrogens (tertiary/aromatic N) is 5. The summed E-state index contributed by atoms with van der Waals surface area (Å²) in [6.07, 6.45) is 1.67. The van der Waals surface area contributed by atoms with Crippen LogP contribution in [0.25, 0.3) is 5.65 Å². The molecule has 7 heteroatoms. The second-order valence-electron chi connectivity index (χ2n) is 7.01. The lowest BCUT2D eigenvalue weighted by atomic mass is 10.1. The maximum atomic E-state index is 13.0. The van der Waals surface area contributed by atoms with Gasteiger partial charge >= 0.3 is 0 Å². The van der Waals surface area contributed by atoms with E-state index in [1.807, 2.05) is 36.9 Å². The predicted molar refractivity (Wildman–Crippen MR) is 105 cm³/mol. The van der Waals surface area contributed by atoms with Gasteiger partial charge in [-0.3, -0.25) is 9.69 Å². The monoisotopic (exact) mass is 383 g/mol. The number of halogens is 1. The van der Waals surface area contributed by atoms with E-state index in [-0.39, 0.29) is 5.91 Å². The molecule has 1 fully saturated rings. The fourth-order valence-electron chi connectivity index (χ4n) is 3.50. The molecule has 1 aliphatic rings. The Hall–Kier alpha value is -2.44. The van der Waals surface area contributed by atoms with Gasteiger partial charge in [-0.25, -0.2) is 9.50 Å². The smallest absolute Gasteiger partial charge is 0.257 e. The summed E-state index contributed by atoms with van der Waals surface area (Å²) in [5, 5.41) is 5.18. The van der Waals surface area contributed by atoms with Crippen molar-refractivity contribution in [3.05, 3.63) is 64.1 Å². The standard InChI is InChI=1S/C20H22ClN5O/c1-14-11-19-22-12-18(15(2)26(19)23-14)20(27)25-9-7-24(8-10-25)13-16-3-5-17(21)6-4-16/h3-6,11-12H,7-10,13H2,1-2H3. The van der Waals surface area contributed by atoms with Crippen LogP contribution in [-0.2, 0) is 6.54 Å². The van der Waals surface area contributed by atoms with E-state index in [0.29, 0.717) is 18.7 Å². The largest absolute Gasteiger partial charge is 0.336 e. The van der Waals surface area contributed by atoms with E-state index >= 15 is 0 Å². The summed E-state index contributed by atoms with van der Waals surface area (Å²) in [5.41, 5.74) is 4.36. The van der Waals surface area contributed by atoms with Gasteiger partial charge in [0.1, 0.15) is 0 Å². The number of amides is 1. The van der Waals surface area contributed by atoms with Crippen LogP contribution < -0.4 is 0 Å². The van der Waals surface area contributed by atoms with Crippen molar-refractivity contribution in [3.8, 4) is 0 Å². The van der Waals surface area contributed by atoms with E-state index in [0.717, 1.165) is 41.7 Å². The number of carbonyl (C=O) groups excluding carboxylic acids is 1. The molecule has 140 valence electrons. The first kappa shape index (κ1) is 17.9. The molecule has 1 amide bonds. The van der Waals surface area contributed by atoms with Crippen LogP contribution in [0, 0.1) is 13.8 Å². The van der Waals surface area contributed by atoms with E-state index < -0.39 is 0 Å². The minimum atomic E-state index is 0.0289. The molecule has 6 nitrogen and oxygen atoms in total. The van der Waals surface area contributed by atoms with Crippen molar-refractivity contribution in [1.29, 1.82) is 0 Å². The first-order valence-electron chi connectivity index (χ1n) is 9.09. The second kappa shape index (κ2) is 7.29. The number of hydrogen-bond donors (Lipinski definition) is 0. The molecular weight excluding hydrogens is 362 g/mol. The molecule has 1 aromatic carbocycles. The molecule has 1 saturated heterocycles. The Morgan fingerprint density at radius 3 is 2.52 bits per heavy atom. The van der Waals surface area contributed by atoms with Crippen molar-refractivity contribution in [2.24, 2.45) is 0 Å². The van der Waals surface area contributed by atoms with Crippen molar-refractivity contribution in [1.82, 2.24) is 24.4 Å². The number of piperazine rings is 1. The van der Waals surface area contributed by atoms with E-state index in [1.54, 1.807) is 10.7 Å². The topological polar surface area (TPSA) is 53.7 Å². The van der Waals surface area contributed by atoms with Crippen molar-refractivity contribution >= 4 is 23.2 Å². The molecule has 0 aliphatic carbocycles. The van der Waals surface area contributed by atoms with Gasteiger partial charge in [-0.15, -0.1) is 0 Å². The average Bonchev–Trinajstić information content (AvgIpc) is 3.05. The Morgan fingerprint density at radius 2 is 1.81 bits per heavy atom. The van der Waals surface area contributed by atoms with Crippen LogP contribution in [0.5, 0.6) is 0 Å². The van der Waals surface area contributed by atoms with Crippen LogP contribution in [0.2, 0.25) is 5.02 Å². The van der Waals surface area contributed by atoms with Gasteiger partial charge in [0, 0.05) is 50.0 Å². The van der Waals surface area contributed by atoms with Crippen molar-refractivity contribution in [2.75, 3.05) is 26.2 Å². The van der Waals surface area contributed by atoms with Crippen LogP contribution in [0.1, 0.15) is 27.3 Å². The van der Waals surface area contributed by atoms with Gasteiger partial charge in [0.15, 0.2) is 5.65 Å². The highest BCUT2D eigenvalue weighted by Gasteiger charge is 2.24. The van der Waals surface area contributed by atoms with E-state index in [4.69, 9.17) is 11.6 Å². The number of hydrogen-bond acceptors (Lipinski definition) is 4. The van der Waals surface area contributed by atoms with Crippen LogP contribution in [-0.4, -0.2) is 56.5 Å². The van der Waals surface area contributed by atoms with Gasteiger partial charge in [0.2, 0.25) is 0 Å². The molecule has 3 aromatic rings. The highest BCUT2D eigenvalue weighted by Crippen LogP contribution is 2.16. The average molecular weight is 384 g/mol. The summed E-state index contributed by atoms with van der Waals surface area (Å²) < 4.78 is 1.75. The Balaban J connectivity index is 1.42. The SMILES string of the molecule is Cc1cc2ncc(C(=O)N3CCN(Cc4ccc(Cl)cc4)CC3)c(C)n2n1. The number of carbonyl (C=O) groups is 1. The number of aromatic nitrogens is 3. The highest BCUT2D eigenvalue weighted by atomic mass is 35.5. The van der Waals surface area contributed by atoms with Gasteiger partial charge < -0.3 is 4.90 Å². The second-order valence-corrected chi connectivity index (χ2v) is 7.44. The summed E-state index contributed by atoms with van der Waals surface area (Å²) in [6.45, 7) is 7.84. The fourth-order valence-corrected chi connectivity index (χ4v) is 3.63. The van der Waals surface area contributed by atoms with Crippen molar-refractivity contribution < 1.29 is 4.79 Å². The van der Waals surface area contributed by atoms with Crippen molar-refractivity contribution in [2.45, 2.75) is 20.4 Å². The Kier molecular flexibility index (Phi) is 4.85. The Labute approximate surface area is 163 Å². The molecule has 27 heavy (non-hydrogen) atoms. The van der Waals surface area contributed by atoms with Gasteiger partial charge in [-0.05, 0) is 31.5 Å². The van der Waals surface area contributed by atoms with Crippen molar-refractivity contribution in [3.63, 3.8) is 0 Å². The van der Waals surface area contributed by atoms with Gasteiger partial charge in [-0.1, -0.05) is 23.7 Å². The van der Waals surface area contributed by atoms with Gasteiger partial charge in [0.05, 0.1) is 17.0 Å². The Morgan fingerprint density at radius 1 is 1.11 bits per heavy atom. The molecule has 3 heterocycles. The molecule has 4 rings (SSSR count). The summed E-state index contributed by atoms with van der Waals surface area (Å²) in [6, 6.07) is 9.85. The molecule has 0 radical (unpaired) electrons. The lowest BCUT2D eigenvalue weighted by molar-refractivity contribution is 0.0626. The summed E-state index contributed by atoms with van der Waals surface area (Å²) in [4.78, 5) is 21.6. The summed E-state index contributed by atoms with van der Waals surface area (Å²) in [5.74, 6) is 0.0289. The molecule has 0 saturated carbocycles. The van der Waals surface area contributed by atoms with E-state index in [2.05, 4.69) is 27.1 Å². The minimum absolute atomic E-state index is 0.0289. The number of fused-ring (bicyclic) bond motifs is 1. The number of aryl methyl sites for hydroxylation is 2. The van der Waals surface area contributed by atoms with Gasteiger partial charge in [0.25, 0.3) is 5.91 Å². The summed E-state index contributed by atoms with van der Waals surface area (Å²) in [7, 11) is 0. The maximum Gasteiger partial charge on any atom is 0.257 e. The first-order chi connectivity index (χ1) is 13.0. The fraction of sp³-hybridized carbons (Fsp3) is 0.350. The highest BCUT2D eigenvalue weighted by molar-refractivity contribution is 6.30. The molecule has 1 aliphatic heterocycles. The lowest BCUT2D eigenvalue weighted by Gasteiger charge is -2.35. The molecule has 0 unspecified atom stereocenters.